The van der Waals surface area contributed by atoms with Crippen LogP contribution in [0.15, 0.2) is 33.8 Å². The van der Waals surface area contributed by atoms with Gasteiger partial charge in [0.1, 0.15) is 23.6 Å². The maximum atomic E-state index is 13.7. The van der Waals surface area contributed by atoms with Crippen LogP contribution in [0, 0.1) is 17.8 Å². The summed E-state index contributed by atoms with van der Waals surface area (Å²) < 4.78 is 15.6. The number of ether oxygens (including phenoxy) is 1. The SMILES string of the molecule is CC(C)[C@@H]1CC[C@@H](C)C[C@H]1Oc1cccc2c1c(=O)n(C)c1c(-c3noc(C4CC4)n3)ncn21. The standard InChI is InChI=1S/C26H31N5O3/c1-14(2)17-11-8-15(3)12-20(17)33-19-7-5-6-18-21(19)26(32)30(4)25-22(27-13-31(18)25)23-28-24(34-29-23)16-9-10-16/h5-7,13-17,20H,8-12H2,1-4H3/t15-,17+,20-/m1/s1. The minimum Gasteiger partial charge on any atom is -0.489 e. The molecule has 178 valence electrons. The summed E-state index contributed by atoms with van der Waals surface area (Å²) in [5.74, 6) is 3.72. The van der Waals surface area contributed by atoms with E-state index in [9.17, 15) is 4.79 Å². The Hall–Kier alpha value is -3.16. The second-order valence-electron chi connectivity index (χ2n) is 10.5. The number of aromatic nitrogens is 5. The Morgan fingerprint density at radius 3 is 2.76 bits per heavy atom. The van der Waals surface area contributed by atoms with Crippen molar-refractivity contribution >= 4 is 16.6 Å². The van der Waals surface area contributed by atoms with Crippen molar-refractivity contribution in [2.75, 3.05) is 0 Å². The van der Waals surface area contributed by atoms with Gasteiger partial charge in [0.15, 0.2) is 11.3 Å². The molecule has 3 aromatic heterocycles. The van der Waals surface area contributed by atoms with E-state index >= 15 is 0 Å². The molecule has 8 heteroatoms. The predicted molar refractivity (Wildman–Crippen MR) is 129 cm³/mol. The second-order valence-corrected chi connectivity index (χ2v) is 10.5. The second kappa shape index (κ2) is 7.96. The molecule has 0 N–H and O–H groups in total. The summed E-state index contributed by atoms with van der Waals surface area (Å²) in [5.41, 5.74) is 1.84. The summed E-state index contributed by atoms with van der Waals surface area (Å²) in [6, 6.07) is 5.81. The summed E-state index contributed by atoms with van der Waals surface area (Å²) in [4.78, 5) is 22.8. The van der Waals surface area contributed by atoms with Crippen LogP contribution in [0.2, 0.25) is 0 Å². The van der Waals surface area contributed by atoms with Crippen LogP contribution in [0.1, 0.15) is 64.7 Å². The topological polar surface area (TPSA) is 87.5 Å². The van der Waals surface area contributed by atoms with Gasteiger partial charge in [-0.1, -0.05) is 38.4 Å². The average molecular weight is 462 g/mol. The molecule has 3 heterocycles. The molecule has 0 saturated heterocycles. The van der Waals surface area contributed by atoms with E-state index in [-0.39, 0.29) is 11.7 Å². The Kier molecular flexibility index (Phi) is 5.00. The van der Waals surface area contributed by atoms with E-state index in [1.807, 2.05) is 22.6 Å². The fraction of sp³-hybridized carbons (Fsp3) is 0.538. The first-order valence-electron chi connectivity index (χ1n) is 12.4. The number of rotatable bonds is 5. The molecule has 34 heavy (non-hydrogen) atoms. The number of hydrogen-bond donors (Lipinski definition) is 0. The minimum atomic E-state index is -0.115. The molecule has 1 aromatic carbocycles. The molecule has 2 saturated carbocycles. The molecule has 2 aliphatic carbocycles. The molecule has 3 atom stereocenters. The van der Waals surface area contributed by atoms with Crippen molar-refractivity contribution in [2.24, 2.45) is 24.8 Å². The van der Waals surface area contributed by atoms with Crippen molar-refractivity contribution in [3.63, 3.8) is 0 Å². The molecule has 6 rings (SSSR count). The van der Waals surface area contributed by atoms with Gasteiger partial charge in [-0.3, -0.25) is 13.8 Å². The van der Waals surface area contributed by atoms with Crippen LogP contribution in [0.25, 0.3) is 28.1 Å². The summed E-state index contributed by atoms with van der Waals surface area (Å²) in [5, 5.41) is 4.72. The van der Waals surface area contributed by atoms with Crippen LogP contribution < -0.4 is 10.3 Å². The van der Waals surface area contributed by atoms with Gasteiger partial charge < -0.3 is 9.26 Å². The minimum absolute atomic E-state index is 0.105. The number of aryl methyl sites for hydroxylation is 1. The Labute approximate surface area is 197 Å². The quantitative estimate of drug-likeness (QED) is 0.418. The molecule has 8 nitrogen and oxygen atoms in total. The summed E-state index contributed by atoms with van der Waals surface area (Å²) in [6.45, 7) is 6.82. The highest BCUT2D eigenvalue weighted by Crippen LogP contribution is 2.40. The van der Waals surface area contributed by atoms with Crippen molar-refractivity contribution in [1.82, 2.24) is 24.1 Å². The molecular formula is C26H31N5O3. The van der Waals surface area contributed by atoms with Crippen molar-refractivity contribution in [1.29, 1.82) is 0 Å². The maximum Gasteiger partial charge on any atom is 0.265 e. The van der Waals surface area contributed by atoms with E-state index in [1.165, 1.54) is 6.42 Å². The lowest BCUT2D eigenvalue weighted by molar-refractivity contribution is 0.0471. The van der Waals surface area contributed by atoms with Crippen LogP contribution in [0.5, 0.6) is 5.75 Å². The third-order valence-corrected chi connectivity index (χ3v) is 7.66. The van der Waals surface area contributed by atoms with Gasteiger partial charge >= 0.3 is 0 Å². The summed E-state index contributed by atoms with van der Waals surface area (Å²) in [6.07, 6.45) is 7.39. The van der Waals surface area contributed by atoms with E-state index < -0.39 is 0 Å². The zero-order valence-corrected chi connectivity index (χ0v) is 20.2. The summed E-state index contributed by atoms with van der Waals surface area (Å²) in [7, 11) is 1.76. The lowest BCUT2D eigenvalue weighted by Gasteiger charge is -2.37. The molecule has 0 bridgehead atoms. The molecule has 0 unspecified atom stereocenters. The molecule has 0 spiro atoms. The third-order valence-electron chi connectivity index (χ3n) is 7.66. The molecule has 2 fully saturated rings. The van der Waals surface area contributed by atoms with Gasteiger partial charge in [-0.05, 0) is 55.6 Å². The molecule has 2 aliphatic rings. The van der Waals surface area contributed by atoms with Gasteiger partial charge in [0, 0.05) is 13.0 Å². The number of nitrogens with zero attached hydrogens (tertiary/aromatic N) is 5. The van der Waals surface area contributed by atoms with Crippen molar-refractivity contribution in [3.05, 3.63) is 40.8 Å². The Bertz CT molecular complexity index is 1430. The number of imidazole rings is 1. The van der Waals surface area contributed by atoms with Gasteiger partial charge in [0.25, 0.3) is 5.56 Å². The van der Waals surface area contributed by atoms with Gasteiger partial charge in [-0.15, -0.1) is 0 Å². The molecule has 4 aromatic rings. The van der Waals surface area contributed by atoms with Crippen LogP contribution in [0.4, 0.5) is 0 Å². The van der Waals surface area contributed by atoms with Crippen LogP contribution in [-0.2, 0) is 7.05 Å². The highest BCUT2D eigenvalue weighted by atomic mass is 16.5. The lowest BCUT2D eigenvalue weighted by Crippen LogP contribution is -2.36. The molecule has 0 radical (unpaired) electrons. The van der Waals surface area contributed by atoms with Crippen LogP contribution in [-0.4, -0.2) is 30.2 Å². The highest BCUT2D eigenvalue weighted by molar-refractivity contribution is 5.88. The van der Waals surface area contributed by atoms with Crippen LogP contribution in [0.3, 0.4) is 0 Å². The Morgan fingerprint density at radius 1 is 1.18 bits per heavy atom. The largest absolute Gasteiger partial charge is 0.489 e. The predicted octanol–water partition coefficient (Wildman–Crippen LogP) is 4.95. The van der Waals surface area contributed by atoms with E-state index in [4.69, 9.17) is 9.26 Å². The Balaban J connectivity index is 1.47. The Morgan fingerprint density at radius 2 is 2.00 bits per heavy atom. The fourth-order valence-corrected chi connectivity index (χ4v) is 5.53. The first kappa shape index (κ1) is 21.4. The van der Waals surface area contributed by atoms with Crippen molar-refractivity contribution in [2.45, 2.75) is 64.9 Å². The zero-order valence-electron chi connectivity index (χ0n) is 20.2. The number of hydrogen-bond acceptors (Lipinski definition) is 6. The maximum absolute atomic E-state index is 13.7. The molecular weight excluding hydrogens is 430 g/mol. The van der Waals surface area contributed by atoms with E-state index in [1.54, 1.807) is 17.9 Å². The van der Waals surface area contributed by atoms with Crippen molar-refractivity contribution in [3.8, 4) is 17.3 Å². The first-order chi connectivity index (χ1) is 16.4. The number of benzene rings is 1. The van der Waals surface area contributed by atoms with E-state index in [0.29, 0.717) is 57.9 Å². The monoisotopic (exact) mass is 461 g/mol. The highest BCUT2D eigenvalue weighted by Gasteiger charge is 2.33. The normalized spacial score (nSPS) is 23.3. The molecule has 0 aliphatic heterocycles. The van der Waals surface area contributed by atoms with Crippen molar-refractivity contribution < 1.29 is 9.26 Å². The average Bonchev–Trinajstić information content (AvgIpc) is 3.37. The van der Waals surface area contributed by atoms with E-state index in [2.05, 4.69) is 35.9 Å². The number of fused-ring (bicyclic) bond motifs is 3. The lowest BCUT2D eigenvalue weighted by atomic mass is 9.75. The van der Waals surface area contributed by atoms with Gasteiger partial charge in [-0.25, -0.2) is 4.98 Å². The molecule has 0 amide bonds. The van der Waals surface area contributed by atoms with Gasteiger partial charge in [0.05, 0.1) is 5.52 Å². The zero-order chi connectivity index (χ0) is 23.6. The van der Waals surface area contributed by atoms with Gasteiger partial charge in [0.2, 0.25) is 11.7 Å². The third kappa shape index (κ3) is 3.42. The summed E-state index contributed by atoms with van der Waals surface area (Å²) >= 11 is 0. The van der Waals surface area contributed by atoms with E-state index in [0.717, 1.165) is 31.2 Å². The first-order valence-corrected chi connectivity index (χ1v) is 12.4. The van der Waals surface area contributed by atoms with Crippen LogP contribution >= 0.6 is 0 Å². The smallest absolute Gasteiger partial charge is 0.265 e. The fourth-order valence-electron chi connectivity index (χ4n) is 5.53. The van der Waals surface area contributed by atoms with Gasteiger partial charge in [-0.2, -0.15) is 4.98 Å².